The topological polar surface area (TPSA) is 17.1 Å². The second-order valence-electron chi connectivity index (χ2n) is 3.61. The van der Waals surface area contributed by atoms with Crippen LogP contribution in [0.15, 0.2) is 23.0 Å². The highest BCUT2D eigenvalue weighted by Gasteiger charge is 2.05. The molecule has 0 saturated heterocycles. The highest BCUT2D eigenvalue weighted by atomic mass is 32.1. The van der Waals surface area contributed by atoms with Gasteiger partial charge < -0.3 is 0 Å². The van der Waals surface area contributed by atoms with Crippen LogP contribution in [-0.2, 0) is 0 Å². The average Bonchev–Trinajstić information content (AvgIpc) is 2.16. The van der Waals surface area contributed by atoms with Crippen molar-refractivity contribution < 1.29 is 0 Å². The Morgan fingerprint density at radius 3 is 2.57 bits per heavy atom. The summed E-state index contributed by atoms with van der Waals surface area (Å²) < 4.78 is 1.09. The van der Waals surface area contributed by atoms with E-state index in [0.29, 0.717) is 0 Å². The van der Waals surface area contributed by atoms with E-state index in [0.717, 1.165) is 26.1 Å². The molecular formula is C12H12OS. The Labute approximate surface area is 87.0 Å². The molecule has 14 heavy (non-hydrogen) atoms. The molecule has 0 spiro atoms. The van der Waals surface area contributed by atoms with Crippen molar-refractivity contribution in [3.05, 3.63) is 44.4 Å². The van der Waals surface area contributed by atoms with E-state index in [1.165, 1.54) is 0 Å². The Bertz CT molecular complexity index is 552. The first-order valence-corrected chi connectivity index (χ1v) is 5.42. The van der Waals surface area contributed by atoms with Crippen molar-refractivity contribution in [3.63, 3.8) is 0 Å². The van der Waals surface area contributed by atoms with Crippen LogP contribution >= 0.6 is 11.3 Å². The van der Waals surface area contributed by atoms with E-state index < -0.39 is 0 Å². The molecule has 0 aliphatic rings. The molecule has 2 aromatic rings. The zero-order valence-electron chi connectivity index (χ0n) is 8.55. The second-order valence-corrected chi connectivity index (χ2v) is 4.87. The summed E-state index contributed by atoms with van der Waals surface area (Å²) >= 11 is 1.69. The van der Waals surface area contributed by atoms with Gasteiger partial charge in [-0.15, -0.1) is 11.3 Å². The summed E-state index contributed by atoms with van der Waals surface area (Å²) in [4.78, 5) is 13.0. The van der Waals surface area contributed by atoms with Crippen LogP contribution in [0.25, 0.3) is 10.1 Å². The van der Waals surface area contributed by atoms with E-state index in [2.05, 4.69) is 0 Å². The lowest BCUT2D eigenvalue weighted by molar-refractivity contribution is 1.38. The summed E-state index contributed by atoms with van der Waals surface area (Å²) in [6, 6.07) is 6.05. The molecule has 1 nitrogen and oxygen atoms in total. The summed E-state index contributed by atoms with van der Waals surface area (Å²) in [6.45, 7) is 5.91. The standard InChI is InChI=1S/C12H12OS/c1-7-4-5-11-10(6-7)12(13)8(2)9(3)14-11/h4-6H,1-3H3. The Morgan fingerprint density at radius 2 is 1.86 bits per heavy atom. The number of hydrogen-bond acceptors (Lipinski definition) is 2. The molecular weight excluding hydrogens is 192 g/mol. The summed E-state index contributed by atoms with van der Waals surface area (Å²) in [7, 11) is 0. The molecule has 0 fully saturated rings. The molecule has 1 aromatic heterocycles. The molecule has 72 valence electrons. The van der Waals surface area contributed by atoms with Crippen molar-refractivity contribution in [2.45, 2.75) is 20.8 Å². The van der Waals surface area contributed by atoms with Crippen molar-refractivity contribution in [1.82, 2.24) is 0 Å². The fourth-order valence-corrected chi connectivity index (χ4v) is 2.49. The van der Waals surface area contributed by atoms with Crippen LogP contribution in [0.3, 0.4) is 0 Å². The first-order valence-electron chi connectivity index (χ1n) is 4.60. The molecule has 0 aliphatic carbocycles. The quantitative estimate of drug-likeness (QED) is 0.644. The third kappa shape index (κ3) is 1.36. The zero-order valence-corrected chi connectivity index (χ0v) is 9.37. The summed E-state index contributed by atoms with van der Waals surface area (Å²) in [5, 5.41) is 0.859. The lowest BCUT2D eigenvalue weighted by Crippen LogP contribution is -2.05. The van der Waals surface area contributed by atoms with Crippen molar-refractivity contribution in [3.8, 4) is 0 Å². The van der Waals surface area contributed by atoms with Gasteiger partial charge in [0.05, 0.1) is 0 Å². The molecule has 2 rings (SSSR count). The van der Waals surface area contributed by atoms with E-state index in [4.69, 9.17) is 0 Å². The van der Waals surface area contributed by atoms with Crippen LogP contribution in [0.5, 0.6) is 0 Å². The lowest BCUT2D eigenvalue weighted by atomic mass is 10.1. The Balaban J connectivity index is 2.99. The summed E-state index contributed by atoms with van der Waals surface area (Å²) in [5.74, 6) is 0. The predicted molar refractivity (Wildman–Crippen MR) is 62.3 cm³/mol. The predicted octanol–water partition coefficient (Wildman–Crippen LogP) is 3.19. The van der Waals surface area contributed by atoms with Gasteiger partial charge in [-0.05, 0) is 32.9 Å². The minimum absolute atomic E-state index is 0.181. The molecule has 2 heteroatoms. The number of aryl methyl sites for hydroxylation is 2. The van der Waals surface area contributed by atoms with Gasteiger partial charge in [0.25, 0.3) is 0 Å². The smallest absolute Gasteiger partial charge is 0.191 e. The number of fused-ring (bicyclic) bond motifs is 1. The van der Waals surface area contributed by atoms with Gasteiger partial charge in [-0.3, -0.25) is 4.79 Å². The van der Waals surface area contributed by atoms with E-state index >= 15 is 0 Å². The van der Waals surface area contributed by atoms with Gasteiger partial charge in [-0.1, -0.05) is 11.6 Å². The number of rotatable bonds is 0. The normalized spacial score (nSPS) is 10.8. The Hall–Kier alpha value is -1.15. The van der Waals surface area contributed by atoms with Gasteiger partial charge in [0.1, 0.15) is 0 Å². The van der Waals surface area contributed by atoms with E-state index in [9.17, 15) is 4.79 Å². The summed E-state index contributed by atoms with van der Waals surface area (Å²) in [5.41, 5.74) is 2.21. The second kappa shape index (κ2) is 3.21. The number of hydrogen-bond donors (Lipinski definition) is 0. The van der Waals surface area contributed by atoms with Crippen LogP contribution in [0.2, 0.25) is 0 Å². The van der Waals surface area contributed by atoms with Gasteiger partial charge in [0, 0.05) is 20.5 Å². The third-order valence-electron chi connectivity index (χ3n) is 2.51. The van der Waals surface area contributed by atoms with E-state index in [1.807, 2.05) is 39.0 Å². The molecule has 0 N–H and O–H groups in total. The van der Waals surface area contributed by atoms with E-state index in [1.54, 1.807) is 11.3 Å². The highest BCUT2D eigenvalue weighted by molar-refractivity contribution is 7.18. The van der Waals surface area contributed by atoms with Crippen LogP contribution in [0.4, 0.5) is 0 Å². The minimum Gasteiger partial charge on any atom is -0.289 e. The molecule has 0 saturated carbocycles. The van der Waals surface area contributed by atoms with Gasteiger partial charge >= 0.3 is 0 Å². The molecule has 0 unspecified atom stereocenters. The van der Waals surface area contributed by atoms with Gasteiger partial charge in [0.2, 0.25) is 0 Å². The SMILES string of the molecule is Cc1ccc2sc(C)c(C)c(=O)c2c1. The van der Waals surface area contributed by atoms with Crippen molar-refractivity contribution in [1.29, 1.82) is 0 Å². The third-order valence-corrected chi connectivity index (χ3v) is 3.70. The van der Waals surface area contributed by atoms with Gasteiger partial charge in [0.15, 0.2) is 5.43 Å². The van der Waals surface area contributed by atoms with Crippen molar-refractivity contribution >= 4 is 21.4 Å². The molecule has 0 radical (unpaired) electrons. The van der Waals surface area contributed by atoms with Crippen molar-refractivity contribution in [2.24, 2.45) is 0 Å². The van der Waals surface area contributed by atoms with Crippen LogP contribution in [-0.4, -0.2) is 0 Å². The lowest BCUT2D eigenvalue weighted by Gasteiger charge is -2.02. The van der Waals surface area contributed by atoms with E-state index in [-0.39, 0.29) is 5.43 Å². The number of benzene rings is 1. The molecule has 0 atom stereocenters. The molecule has 0 amide bonds. The minimum atomic E-state index is 0.181. The van der Waals surface area contributed by atoms with Crippen LogP contribution in [0.1, 0.15) is 16.0 Å². The van der Waals surface area contributed by atoms with Gasteiger partial charge in [-0.2, -0.15) is 0 Å². The first kappa shape index (κ1) is 9.41. The molecule has 0 aliphatic heterocycles. The fourth-order valence-electron chi connectivity index (χ4n) is 1.51. The summed E-state index contributed by atoms with van der Waals surface area (Å²) in [6.07, 6.45) is 0. The first-order chi connectivity index (χ1) is 6.59. The molecule has 0 bridgehead atoms. The highest BCUT2D eigenvalue weighted by Crippen LogP contribution is 2.21. The maximum absolute atomic E-state index is 11.9. The fraction of sp³-hybridized carbons (Fsp3) is 0.250. The molecule has 1 aromatic carbocycles. The van der Waals surface area contributed by atoms with Gasteiger partial charge in [-0.25, -0.2) is 0 Å². The molecule has 1 heterocycles. The maximum Gasteiger partial charge on any atom is 0.191 e. The average molecular weight is 204 g/mol. The Morgan fingerprint density at radius 1 is 1.14 bits per heavy atom. The van der Waals surface area contributed by atoms with Crippen LogP contribution in [0, 0.1) is 20.8 Å². The maximum atomic E-state index is 11.9. The zero-order chi connectivity index (χ0) is 10.3. The van der Waals surface area contributed by atoms with Crippen LogP contribution < -0.4 is 5.43 Å². The monoisotopic (exact) mass is 204 g/mol. The van der Waals surface area contributed by atoms with Crippen molar-refractivity contribution in [2.75, 3.05) is 0 Å². The largest absolute Gasteiger partial charge is 0.289 e. The Kier molecular flexibility index (Phi) is 2.16.